The van der Waals surface area contributed by atoms with Crippen molar-refractivity contribution in [2.75, 3.05) is 11.4 Å². The first-order valence-corrected chi connectivity index (χ1v) is 21.3. The van der Waals surface area contributed by atoms with Crippen molar-refractivity contribution in [2.24, 2.45) is 5.92 Å². The third kappa shape index (κ3) is 7.98. The fourth-order valence-electron chi connectivity index (χ4n) is 8.54. The number of benzene rings is 5. The number of fused-ring (bicyclic) bond motifs is 6. The smallest absolute Gasteiger partial charge is 0.0547 e. The molecule has 2 aliphatic rings. The molecule has 1 unspecified atom stereocenters. The molecular formula is C56H64N2. The van der Waals surface area contributed by atoms with Crippen LogP contribution in [0.4, 0.5) is 5.69 Å². The highest BCUT2D eigenvalue weighted by atomic mass is 15.2. The van der Waals surface area contributed by atoms with Crippen LogP contribution in [0.3, 0.4) is 0 Å². The third-order valence-corrected chi connectivity index (χ3v) is 11.3. The van der Waals surface area contributed by atoms with E-state index in [0.717, 1.165) is 6.54 Å². The van der Waals surface area contributed by atoms with Crippen molar-refractivity contribution in [2.45, 2.75) is 81.6 Å². The van der Waals surface area contributed by atoms with Gasteiger partial charge in [-0.15, -0.1) is 0 Å². The highest BCUT2D eigenvalue weighted by Gasteiger charge is 2.36. The molecule has 0 saturated carbocycles. The largest absolute Gasteiger partial charge is 0.340 e. The predicted octanol–water partition coefficient (Wildman–Crippen LogP) is 16.4. The Hall–Kier alpha value is -5.86. The summed E-state index contributed by atoms with van der Waals surface area (Å²) in [6.07, 6.45) is 17.0. The van der Waals surface area contributed by atoms with Gasteiger partial charge in [-0.25, -0.2) is 0 Å². The van der Waals surface area contributed by atoms with E-state index in [0.29, 0.717) is 5.92 Å². The van der Waals surface area contributed by atoms with Crippen molar-refractivity contribution in [3.8, 4) is 27.9 Å². The Labute approximate surface area is 350 Å². The van der Waals surface area contributed by atoms with E-state index in [9.17, 15) is 0 Å². The molecule has 2 heterocycles. The standard InChI is InChI=1S/C48H44N2.C4H8.2C2H6/c1-7-15-32(9-3)42-31-49(45(10-4)38(42)16-8-2)35-25-21-33(22-26-35)34-23-27-36(28-24-34)50-46-20-14-12-18-39(46)41-29-44-40(30-47(41)50)37-17-11-13-19-43(37)48(44,5)6;1-3-4-2;2*1-2/h7-30,42H,4,31H2,1-3,5-6H3;3-4H,1-2H3;2*1-2H3/b15-7-,16-8-,32-9+;4-3-;;. The van der Waals surface area contributed by atoms with Gasteiger partial charge in [0.2, 0.25) is 0 Å². The minimum absolute atomic E-state index is 0.0305. The maximum atomic E-state index is 4.21. The normalized spacial score (nSPS) is 15.6. The summed E-state index contributed by atoms with van der Waals surface area (Å²) < 4.78 is 2.44. The van der Waals surface area contributed by atoms with Crippen LogP contribution >= 0.6 is 0 Å². The molecule has 1 aliphatic carbocycles. The summed E-state index contributed by atoms with van der Waals surface area (Å²) in [4.78, 5) is 2.41. The zero-order valence-electron chi connectivity index (χ0n) is 36.9. The molecule has 0 radical (unpaired) electrons. The van der Waals surface area contributed by atoms with Crippen LogP contribution in [0.15, 0.2) is 181 Å². The van der Waals surface area contributed by atoms with Gasteiger partial charge < -0.3 is 9.47 Å². The molecule has 1 aliphatic heterocycles. The minimum atomic E-state index is -0.0305. The molecule has 6 aromatic rings. The Balaban J connectivity index is 0.000000746. The number of hydrogen-bond acceptors (Lipinski definition) is 1. The van der Waals surface area contributed by atoms with Crippen LogP contribution in [0.2, 0.25) is 0 Å². The van der Waals surface area contributed by atoms with Gasteiger partial charge in [-0.1, -0.05) is 157 Å². The van der Waals surface area contributed by atoms with Crippen LogP contribution in [0, 0.1) is 5.92 Å². The lowest BCUT2D eigenvalue weighted by Gasteiger charge is -2.22. The lowest BCUT2D eigenvalue weighted by molar-refractivity contribution is 0.661. The number of aromatic nitrogens is 1. The molecule has 0 N–H and O–H groups in total. The average molecular weight is 765 g/mol. The van der Waals surface area contributed by atoms with Crippen LogP contribution in [0.5, 0.6) is 0 Å². The summed E-state index contributed by atoms with van der Waals surface area (Å²) in [5.41, 5.74) is 16.6. The van der Waals surface area contributed by atoms with Crippen LogP contribution in [0.1, 0.15) is 87.3 Å². The Morgan fingerprint density at radius 3 is 1.81 bits per heavy atom. The van der Waals surface area contributed by atoms with Crippen molar-refractivity contribution in [3.05, 3.63) is 192 Å². The Kier molecular flexibility index (Phi) is 14.6. The first-order chi connectivity index (χ1) is 28.3. The van der Waals surface area contributed by atoms with Gasteiger partial charge in [0.1, 0.15) is 0 Å². The molecule has 298 valence electrons. The van der Waals surface area contributed by atoms with Gasteiger partial charge in [0, 0.05) is 45.7 Å². The maximum absolute atomic E-state index is 4.21. The lowest BCUT2D eigenvalue weighted by Crippen LogP contribution is -2.21. The summed E-state index contributed by atoms with van der Waals surface area (Å²) in [5.74, 6) is 0.302. The molecule has 0 bridgehead atoms. The van der Waals surface area contributed by atoms with E-state index in [1.807, 2.05) is 59.8 Å². The van der Waals surface area contributed by atoms with E-state index in [4.69, 9.17) is 0 Å². The van der Waals surface area contributed by atoms with Gasteiger partial charge in [-0.05, 0) is 128 Å². The van der Waals surface area contributed by atoms with E-state index < -0.39 is 0 Å². The van der Waals surface area contributed by atoms with E-state index in [-0.39, 0.29) is 5.41 Å². The minimum Gasteiger partial charge on any atom is -0.340 e. The number of hydrogen-bond donors (Lipinski definition) is 0. The Morgan fingerprint density at radius 1 is 0.621 bits per heavy atom. The second-order valence-corrected chi connectivity index (χ2v) is 14.7. The van der Waals surface area contributed by atoms with Gasteiger partial charge in [-0.3, -0.25) is 0 Å². The van der Waals surface area contributed by atoms with Gasteiger partial charge in [0.25, 0.3) is 0 Å². The zero-order valence-corrected chi connectivity index (χ0v) is 36.9. The molecule has 0 amide bonds. The average Bonchev–Trinajstić information content (AvgIpc) is 3.88. The zero-order chi connectivity index (χ0) is 42.0. The van der Waals surface area contributed by atoms with Gasteiger partial charge in [0.05, 0.1) is 11.0 Å². The number of nitrogens with zero attached hydrogens (tertiary/aromatic N) is 2. The number of para-hydroxylation sites is 1. The van der Waals surface area contributed by atoms with E-state index in [2.05, 4.69) is 190 Å². The maximum Gasteiger partial charge on any atom is 0.0547 e. The second kappa shape index (κ2) is 19.5. The van der Waals surface area contributed by atoms with E-state index >= 15 is 0 Å². The van der Waals surface area contributed by atoms with Gasteiger partial charge in [-0.2, -0.15) is 0 Å². The van der Waals surface area contributed by atoms with Crippen molar-refractivity contribution in [1.29, 1.82) is 0 Å². The first-order valence-electron chi connectivity index (χ1n) is 21.3. The molecule has 2 nitrogen and oxygen atoms in total. The van der Waals surface area contributed by atoms with Crippen LogP contribution in [0.25, 0.3) is 49.7 Å². The lowest BCUT2D eigenvalue weighted by atomic mass is 9.82. The van der Waals surface area contributed by atoms with E-state index in [1.54, 1.807) is 0 Å². The van der Waals surface area contributed by atoms with Crippen LogP contribution < -0.4 is 4.90 Å². The Bertz CT molecular complexity index is 2490. The molecule has 1 atom stereocenters. The topological polar surface area (TPSA) is 8.17 Å². The molecule has 8 rings (SSSR count). The monoisotopic (exact) mass is 765 g/mol. The number of anilines is 1. The summed E-state index contributed by atoms with van der Waals surface area (Å²) in [7, 11) is 0. The molecule has 0 fully saturated rings. The molecule has 2 heteroatoms. The van der Waals surface area contributed by atoms with E-state index in [1.165, 1.54) is 83.4 Å². The van der Waals surface area contributed by atoms with Gasteiger partial charge >= 0.3 is 0 Å². The summed E-state index contributed by atoms with van der Waals surface area (Å²) in [6, 6.07) is 40.7. The SMILES string of the molecule is C/C=C\C.C=CC1=C(/C=C\C)C(C(/C=C\C)=C/C)CN1c1ccc(-c2ccc(-n3c4ccccc4c4cc5c(cc43)-c3ccccc3C5(C)C)cc2)cc1.CC.CC. The Morgan fingerprint density at radius 2 is 1.22 bits per heavy atom. The summed E-state index contributed by atoms with van der Waals surface area (Å²) in [5, 5.41) is 2.60. The molecular weight excluding hydrogens is 701 g/mol. The third-order valence-electron chi connectivity index (χ3n) is 11.3. The van der Waals surface area contributed by atoms with Crippen molar-refractivity contribution in [1.82, 2.24) is 4.57 Å². The first kappa shape index (κ1) is 43.3. The van der Waals surface area contributed by atoms with Crippen molar-refractivity contribution < 1.29 is 0 Å². The summed E-state index contributed by atoms with van der Waals surface area (Å²) in [6.45, 7) is 28.1. The van der Waals surface area contributed by atoms with Crippen molar-refractivity contribution >= 4 is 27.5 Å². The molecule has 0 saturated heterocycles. The number of rotatable bonds is 7. The van der Waals surface area contributed by atoms with Crippen molar-refractivity contribution in [3.63, 3.8) is 0 Å². The fourth-order valence-corrected chi connectivity index (χ4v) is 8.54. The fraction of sp³-hybridized carbons (Fsp3) is 0.250. The number of allylic oxidation sites excluding steroid dienone is 8. The molecule has 58 heavy (non-hydrogen) atoms. The molecule has 5 aromatic carbocycles. The summed E-state index contributed by atoms with van der Waals surface area (Å²) >= 11 is 0. The predicted molar refractivity (Wildman–Crippen MR) is 258 cm³/mol. The van der Waals surface area contributed by atoms with Gasteiger partial charge in [0.15, 0.2) is 0 Å². The molecule has 1 aromatic heterocycles. The van der Waals surface area contributed by atoms with Crippen LogP contribution in [-0.2, 0) is 5.41 Å². The highest BCUT2D eigenvalue weighted by Crippen LogP contribution is 2.51. The molecule has 0 spiro atoms. The second-order valence-electron chi connectivity index (χ2n) is 14.7. The van der Waals surface area contributed by atoms with Crippen LogP contribution in [-0.4, -0.2) is 11.1 Å². The quantitative estimate of drug-likeness (QED) is 0.116. The highest BCUT2D eigenvalue weighted by molar-refractivity contribution is 6.11.